The van der Waals surface area contributed by atoms with Crippen LogP contribution in [0.1, 0.15) is 38.2 Å². The number of carbonyl (C=O) groups excluding carboxylic acids is 1. The van der Waals surface area contributed by atoms with Crippen molar-refractivity contribution in [1.82, 2.24) is 10.0 Å². The summed E-state index contributed by atoms with van der Waals surface area (Å²) in [6.45, 7) is 4.20. The number of hydrogen-bond acceptors (Lipinski definition) is 6. The van der Waals surface area contributed by atoms with Crippen LogP contribution in [0.15, 0.2) is 39.5 Å². The lowest BCUT2D eigenvalue weighted by atomic mass is 9.69. The molecule has 2 heterocycles. The molecule has 6 heteroatoms. The SMILES string of the molecule is CN(C)N1C(N)=C(C#N)[C@H](c2ccsc2)C2=C1CC(C)(C)CC2=O. The zero-order chi connectivity index (χ0) is 17.6. The van der Waals surface area contributed by atoms with Crippen molar-refractivity contribution in [2.45, 2.75) is 32.6 Å². The van der Waals surface area contributed by atoms with Crippen LogP contribution in [0.4, 0.5) is 0 Å². The highest BCUT2D eigenvalue weighted by Gasteiger charge is 2.44. The van der Waals surface area contributed by atoms with Gasteiger partial charge in [-0.2, -0.15) is 16.6 Å². The Morgan fingerprint density at radius 3 is 2.67 bits per heavy atom. The van der Waals surface area contributed by atoms with Crippen LogP contribution in [0.3, 0.4) is 0 Å². The first-order chi connectivity index (χ1) is 11.3. The summed E-state index contributed by atoms with van der Waals surface area (Å²) in [5, 5.41) is 17.4. The van der Waals surface area contributed by atoms with E-state index in [2.05, 4.69) is 19.9 Å². The van der Waals surface area contributed by atoms with E-state index in [4.69, 9.17) is 5.73 Å². The van der Waals surface area contributed by atoms with Crippen LogP contribution in [0, 0.1) is 16.7 Å². The van der Waals surface area contributed by atoms with Crippen LogP contribution in [0.25, 0.3) is 0 Å². The molecule has 2 N–H and O–H groups in total. The number of nitriles is 1. The van der Waals surface area contributed by atoms with Crippen molar-refractivity contribution in [1.29, 1.82) is 5.26 Å². The van der Waals surface area contributed by atoms with Crippen molar-refractivity contribution in [3.8, 4) is 6.07 Å². The largest absolute Gasteiger partial charge is 0.383 e. The first-order valence-electron chi connectivity index (χ1n) is 7.92. The predicted molar refractivity (Wildman–Crippen MR) is 94.5 cm³/mol. The van der Waals surface area contributed by atoms with Gasteiger partial charge in [0.15, 0.2) is 5.78 Å². The van der Waals surface area contributed by atoms with Gasteiger partial charge in [0.2, 0.25) is 0 Å². The minimum Gasteiger partial charge on any atom is -0.383 e. The number of allylic oxidation sites excluding steroid dienone is 3. The van der Waals surface area contributed by atoms with E-state index in [1.807, 2.05) is 40.9 Å². The molecule has 126 valence electrons. The summed E-state index contributed by atoms with van der Waals surface area (Å²) in [6.07, 6.45) is 1.25. The van der Waals surface area contributed by atoms with E-state index in [1.165, 1.54) is 0 Å². The fourth-order valence-corrected chi connectivity index (χ4v) is 4.41. The Hall–Kier alpha value is -2.10. The molecule has 5 nitrogen and oxygen atoms in total. The fraction of sp³-hybridized carbons (Fsp3) is 0.444. The molecule has 0 saturated heterocycles. The molecule has 0 fully saturated rings. The molecule has 0 bridgehead atoms. The number of nitrogens with two attached hydrogens (primary N) is 1. The molecule has 1 aromatic heterocycles. The molecule has 0 spiro atoms. The lowest BCUT2D eigenvalue weighted by Gasteiger charge is -2.45. The smallest absolute Gasteiger partial charge is 0.162 e. The van der Waals surface area contributed by atoms with Gasteiger partial charge in [-0.1, -0.05) is 13.8 Å². The monoisotopic (exact) mass is 342 g/mol. The van der Waals surface area contributed by atoms with E-state index in [0.717, 1.165) is 23.3 Å². The topological polar surface area (TPSA) is 73.4 Å². The summed E-state index contributed by atoms with van der Waals surface area (Å²) in [7, 11) is 3.76. The maximum Gasteiger partial charge on any atom is 0.162 e. The van der Waals surface area contributed by atoms with Crippen molar-refractivity contribution in [3.05, 3.63) is 45.1 Å². The van der Waals surface area contributed by atoms with Gasteiger partial charge in [0, 0.05) is 31.8 Å². The van der Waals surface area contributed by atoms with Crippen LogP contribution >= 0.6 is 11.3 Å². The molecule has 0 radical (unpaired) electrons. The second-order valence-corrected chi connectivity index (χ2v) is 8.14. The number of hydrazine groups is 1. The van der Waals surface area contributed by atoms with E-state index >= 15 is 0 Å². The molecule has 0 saturated carbocycles. The summed E-state index contributed by atoms with van der Waals surface area (Å²) in [5.74, 6) is 0.184. The summed E-state index contributed by atoms with van der Waals surface area (Å²) < 4.78 is 0. The number of ketones is 1. The highest BCUT2D eigenvalue weighted by atomic mass is 32.1. The van der Waals surface area contributed by atoms with E-state index < -0.39 is 0 Å². The molecule has 0 unspecified atom stereocenters. The average molecular weight is 342 g/mol. The maximum absolute atomic E-state index is 13.0. The van der Waals surface area contributed by atoms with E-state index in [-0.39, 0.29) is 17.1 Å². The highest BCUT2D eigenvalue weighted by molar-refractivity contribution is 7.08. The van der Waals surface area contributed by atoms with Crippen LogP contribution in [-0.4, -0.2) is 29.9 Å². The molecule has 24 heavy (non-hydrogen) atoms. The maximum atomic E-state index is 13.0. The lowest BCUT2D eigenvalue weighted by Crippen LogP contribution is -2.47. The van der Waals surface area contributed by atoms with Gasteiger partial charge in [-0.3, -0.25) is 9.80 Å². The Bertz CT molecular complexity index is 780. The third-order valence-electron chi connectivity index (χ3n) is 4.63. The van der Waals surface area contributed by atoms with Crippen LogP contribution in [0.2, 0.25) is 0 Å². The van der Waals surface area contributed by atoms with Crippen molar-refractivity contribution in [2.24, 2.45) is 11.1 Å². The standard InChI is InChI=1S/C18H22N4OS/c1-18(2)7-13-16(14(23)8-18)15(11-5-6-24-10-11)12(9-19)17(20)22(13)21(3)4/h5-6,10,15H,7-8,20H2,1-4H3/t15-/m0/s1. The molecule has 0 amide bonds. The van der Waals surface area contributed by atoms with E-state index in [1.54, 1.807) is 11.3 Å². The second-order valence-electron chi connectivity index (χ2n) is 7.36. The fourth-order valence-electron chi connectivity index (χ4n) is 3.72. The lowest BCUT2D eigenvalue weighted by molar-refractivity contribution is -0.119. The zero-order valence-corrected chi connectivity index (χ0v) is 15.3. The van der Waals surface area contributed by atoms with Gasteiger partial charge >= 0.3 is 0 Å². The molecule has 1 aliphatic heterocycles. The Morgan fingerprint density at radius 1 is 1.42 bits per heavy atom. The van der Waals surface area contributed by atoms with Gasteiger partial charge in [0.25, 0.3) is 0 Å². The van der Waals surface area contributed by atoms with Crippen LogP contribution < -0.4 is 5.73 Å². The van der Waals surface area contributed by atoms with Crippen molar-refractivity contribution in [2.75, 3.05) is 14.1 Å². The average Bonchev–Trinajstić information content (AvgIpc) is 2.97. The molecule has 1 aromatic rings. The van der Waals surface area contributed by atoms with Crippen LogP contribution in [-0.2, 0) is 4.79 Å². The highest BCUT2D eigenvalue weighted by Crippen LogP contribution is 2.49. The Morgan fingerprint density at radius 2 is 2.12 bits per heavy atom. The quantitative estimate of drug-likeness (QED) is 0.894. The third kappa shape index (κ3) is 2.54. The number of nitrogens with zero attached hydrogens (tertiary/aromatic N) is 3. The first-order valence-corrected chi connectivity index (χ1v) is 8.86. The number of rotatable bonds is 2. The molecule has 3 rings (SSSR count). The van der Waals surface area contributed by atoms with Gasteiger partial charge in [-0.05, 0) is 34.2 Å². The summed E-state index contributed by atoms with van der Waals surface area (Å²) >= 11 is 1.56. The molecule has 1 atom stereocenters. The Kier molecular flexibility index (Phi) is 4.02. The van der Waals surface area contributed by atoms with Crippen molar-refractivity contribution in [3.63, 3.8) is 0 Å². The van der Waals surface area contributed by atoms with Gasteiger partial charge in [0.05, 0.1) is 17.6 Å². The number of thiophene rings is 1. The van der Waals surface area contributed by atoms with Crippen molar-refractivity contribution >= 4 is 17.1 Å². The van der Waals surface area contributed by atoms with Crippen LogP contribution in [0.5, 0.6) is 0 Å². The number of carbonyl (C=O) groups is 1. The van der Waals surface area contributed by atoms with E-state index in [0.29, 0.717) is 17.8 Å². The molecule has 0 aromatic carbocycles. The summed E-state index contributed by atoms with van der Waals surface area (Å²) in [5.41, 5.74) is 9.33. The Labute approximate surface area is 146 Å². The second kappa shape index (κ2) is 5.76. The molecule has 1 aliphatic carbocycles. The van der Waals surface area contributed by atoms with E-state index in [9.17, 15) is 10.1 Å². The zero-order valence-electron chi connectivity index (χ0n) is 14.5. The van der Waals surface area contributed by atoms with Crippen molar-refractivity contribution < 1.29 is 4.79 Å². The number of hydrogen-bond donors (Lipinski definition) is 1. The van der Waals surface area contributed by atoms with Gasteiger partial charge in [-0.25, -0.2) is 5.01 Å². The summed E-state index contributed by atoms with van der Waals surface area (Å²) in [4.78, 5) is 13.0. The van der Waals surface area contributed by atoms with Gasteiger partial charge in [-0.15, -0.1) is 0 Å². The molecular formula is C18H22N4OS. The summed E-state index contributed by atoms with van der Waals surface area (Å²) in [6, 6.07) is 4.23. The number of Topliss-reactive ketones (excluding diaryl/α,β-unsaturated/α-hetero) is 1. The first kappa shape index (κ1) is 16.7. The Balaban J connectivity index is 2.27. The minimum atomic E-state index is -0.351. The van der Waals surface area contributed by atoms with Gasteiger partial charge in [0.1, 0.15) is 5.82 Å². The third-order valence-corrected chi connectivity index (χ3v) is 5.33. The minimum absolute atomic E-state index is 0.115. The predicted octanol–water partition coefficient (Wildman–Crippen LogP) is 2.96. The molecular weight excluding hydrogens is 320 g/mol. The normalized spacial score (nSPS) is 23.6. The molecule has 2 aliphatic rings. The van der Waals surface area contributed by atoms with Gasteiger partial charge < -0.3 is 5.73 Å².